The van der Waals surface area contributed by atoms with Gasteiger partial charge >= 0.3 is 0 Å². The first-order chi connectivity index (χ1) is 9.78. The molecule has 1 aliphatic heterocycles. The molecule has 1 saturated heterocycles. The molecule has 1 aliphatic rings. The normalized spacial score (nSPS) is 20.1. The van der Waals surface area contributed by atoms with Crippen molar-refractivity contribution in [3.8, 4) is 0 Å². The minimum absolute atomic E-state index is 0.0404. The van der Waals surface area contributed by atoms with E-state index in [9.17, 15) is 13.2 Å². The van der Waals surface area contributed by atoms with Crippen LogP contribution in [0.1, 0.15) is 37.2 Å². The van der Waals surface area contributed by atoms with Gasteiger partial charge in [-0.15, -0.1) is 0 Å². The van der Waals surface area contributed by atoms with E-state index in [0.29, 0.717) is 12.2 Å². The number of nitrogens with zero attached hydrogens (tertiary/aromatic N) is 2. The van der Waals surface area contributed by atoms with Crippen molar-refractivity contribution < 1.29 is 13.2 Å². The summed E-state index contributed by atoms with van der Waals surface area (Å²) in [5.74, 6) is -0.00909. The number of hydrogen-bond acceptors (Lipinski definition) is 3. The lowest BCUT2D eigenvalue weighted by molar-refractivity contribution is 0.0955. The van der Waals surface area contributed by atoms with Crippen LogP contribution in [0.2, 0.25) is 0 Å². The summed E-state index contributed by atoms with van der Waals surface area (Å²) in [4.78, 5) is 11.9. The monoisotopic (exact) mass is 313 g/mol. The molecule has 0 bridgehead atoms. The van der Waals surface area contributed by atoms with Crippen molar-refractivity contribution in [2.24, 2.45) is 13.0 Å². The van der Waals surface area contributed by atoms with Crippen LogP contribution in [0.25, 0.3) is 0 Å². The summed E-state index contributed by atoms with van der Waals surface area (Å²) in [5.41, 5.74) is 0.344. The second-order valence-corrected chi connectivity index (χ2v) is 7.71. The second-order valence-electron chi connectivity index (χ2n) is 5.82. The van der Waals surface area contributed by atoms with Crippen molar-refractivity contribution in [3.63, 3.8) is 0 Å². The zero-order valence-corrected chi connectivity index (χ0v) is 13.8. The maximum Gasteiger partial charge on any atom is 0.267 e. The Kier molecular flexibility index (Phi) is 4.43. The van der Waals surface area contributed by atoms with Crippen LogP contribution in [0.3, 0.4) is 0 Å². The van der Waals surface area contributed by atoms with Gasteiger partial charge in [-0.2, -0.15) is 4.31 Å². The molecule has 7 heteroatoms. The van der Waals surface area contributed by atoms with Crippen molar-refractivity contribution in [1.29, 1.82) is 0 Å². The van der Waals surface area contributed by atoms with Crippen LogP contribution in [-0.2, 0) is 17.1 Å². The lowest BCUT2D eigenvalue weighted by Gasteiger charge is -2.26. The molecule has 0 aliphatic carbocycles. The molecule has 6 nitrogen and oxygen atoms in total. The summed E-state index contributed by atoms with van der Waals surface area (Å²) < 4.78 is 28.7. The van der Waals surface area contributed by atoms with Crippen LogP contribution in [0, 0.1) is 5.92 Å². The fourth-order valence-corrected chi connectivity index (χ4v) is 4.79. The number of sulfonamides is 1. The number of carbonyl (C=O) groups is 1. The Morgan fingerprint density at radius 2 is 2.10 bits per heavy atom. The van der Waals surface area contributed by atoms with Crippen LogP contribution in [0.4, 0.5) is 0 Å². The number of aromatic nitrogens is 1. The SMILES string of the molecule is CNC(=O)c1cc(S(=O)(=O)N2CCCC2C(C)C)cn1C. The molecule has 1 aromatic rings. The van der Waals surface area contributed by atoms with E-state index in [1.165, 1.54) is 19.3 Å². The molecule has 118 valence electrons. The molecule has 1 aromatic heterocycles. The highest BCUT2D eigenvalue weighted by molar-refractivity contribution is 7.89. The van der Waals surface area contributed by atoms with Crippen LogP contribution in [0.5, 0.6) is 0 Å². The zero-order valence-electron chi connectivity index (χ0n) is 13.0. The second kappa shape index (κ2) is 5.81. The largest absolute Gasteiger partial charge is 0.354 e. The molecule has 1 atom stereocenters. The standard InChI is InChI=1S/C14H23N3O3S/c1-10(2)12-6-5-7-17(12)21(19,20)11-8-13(14(18)15-3)16(4)9-11/h8-10,12H,5-7H2,1-4H3,(H,15,18). The molecule has 2 rings (SSSR count). The molecule has 1 N–H and O–H groups in total. The average Bonchev–Trinajstić information content (AvgIpc) is 3.04. The van der Waals surface area contributed by atoms with Gasteiger partial charge in [0.1, 0.15) is 10.6 Å². The van der Waals surface area contributed by atoms with Crippen molar-refractivity contribution in [3.05, 3.63) is 18.0 Å². The van der Waals surface area contributed by atoms with Crippen molar-refractivity contribution in [2.45, 2.75) is 37.6 Å². The number of rotatable bonds is 4. The average molecular weight is 313 g/mol. The Labute approximate surface area is 126 Å². The maximum absolute atomic E-state index is 12.8. The Morgan fingerprint density at radius 1 is 1.43 bits per heavy atom. The number of carbonyl (C=O) groups excluding carboxylic acids is 1. The highest BCUT2D eigenvalue weighted by atomic mass is 32.2. The summed E-state index contributed by atoms with van der Waals surface area (Å²) in [6, 6.07) is 1.49. The van der Waals surface area contributed by atoms with Gasteiger partial charge in [0, 0.05) is 32.9 Å². The first kappa shape index (κ1) is 16.0. The Morgan fingerprint density at radius 3 is 2.67 bits per heavy atom. The fourth-order valence-electron chi connectivity index (χ4n) is 2.89. The lowest BCUT2D eigenvalue weighted by Crippen LogP contribution is -2.38. The summed E-state index contributed by atoms with van der Waals surface area (Å²) in [6.45, 7) is 4.63. The predicted octanol–water partition coefficient (Wildman–Crippen LogP) is 1.19. The van der Waals surface area contributed by atoms with E-state index < -0.39 is 10.0 Å². The van der Waals surface area contributed by atoms with E-state index in [1.54, 1.807) is 15.9 Å². The van der Waals surface area contributed by atoms with Gasteiger partial charge in [-0.05, 0) is 24.8 Å². The van der Waals surface area contributed by atoms with Gasteiger partial charge in [0.2, 0.25) is 10.0 Å². The van der Waals surface area contributed by atoms with Crippen LogP contribution < -0.4 is 5.32 Å². The van der Waals surface area contributed by atoms with Gasteiger partial charge in [0.05, 0.1) is 0 Å². The maximum atomic E-state index is 12.8. The smallest absolute Gasteiger partial charge is 0.267 e. The molecule has 0 aromatic carbocycles. The highest BCUT2D eigenvalue weighted by Gasteiger charge is 2.37. The third-order valence-corrected chi connectivity index (χ3v) is 5.95. The summed E-state index contributed by atoms with van der Waals surface area (Å²) >= 11 is 0. The van der Waals surface area contributed by atoms with Gasteiger partial charge in [-0.1, -0.05) is 13.8 Å². The van der Waals surface area contributed by atoms with Crippen molar-refractivity contribution in [1.82, 2.24) is 14.2 Å². The minimum atomic E-state index is -3.54. The molecule has 0 spiro atoms. The van der Waals surface area contributed by atoms with Gasteiger partial charge in [-0.25, -0.2) is 8.42 Å². The Balaban J connectivity index is 2.38. The number of hydrogen-bond donors (Lipinski definition) is 1. The summed E-state index contributed by atoms with van der Waals surface area (Å²) in [7, 11) is -0.343. The number of aryl methyl sites for hydroxylation is 1. The fraction of sp³-hybridized carbons (Fsp3) is 0.643. The van der Waals surface area contributed by atoms with Crippen LogP contribution in [-0.4, -0.2) is 42.8 Å². The molecule has 1 amide bonds. The zero-order chi connectivity index (χ0) is 15.8. The molecule has 0 saturated carbocycles. The van der Waals surface area contributed by atoms with E-state index in [2.05, 4.69) is 5.32 Å². The van der Waals surface area contributed by atoms with Crippen LogP contribution >= 0.6 is 0 Å². The number of nitrogens with one attached hydrogen (secondary N) is 1. The van der Waals surface area contributed by atoms with E-state index in [1.807, 2.05) is 13.8 Å². The van der Waals surface area contributed by atoms with Gasteiger partial charge in [0.25, 0.3) is 5.91 Å². The van der Waals surface area contributed by atoms with Crippen molar-refractivity contribution in [2.75, 3.05) is 13.6 Å². The quantitative estimate of drug-likeness (QED) is 0.908. The number of amides is 1. The molecular formula is C14H23N3O3S. The Hall–Kier alpha value is -1.34. The van der Waals surface area contributed by atoms with E-state index >= 15 is 0 Å². The van der Waals surface area contributed by atoms with E-state index in [0.717, 1.165) is 12.8 Å². The molecule has 1 fully saturated rings. The molecule has 0 radical (unpaired) electrons. The third-order valence-electron chi connectivity index (χ3n) is 4.06. The summed E-state index contributed by atoms with van der Waals surface area (Å²) in [5, 5.41) is 2.52. The lowest BCUT2D eigenvalue weighted by atomic mass is 10.0. The molecule has 21 heavy (non-hydrogen) atoms. The van der Waals surface area contributed by atoms with E-state index in [-0.39, 0.29) is 22.8 Å². The van der Waals surface area contributed by atoms with Crippen LogP contribution in [0.15, 0.2) is 17.2 Å². The molecule has 1 unspecified atom stereocenters. The van der Waals surface area contributed by atoms with Gasteiger partial charge in [0.15, 0.2) is 0 Å². The van der Waals surface area contributed by atoms with Crippen molar-refractivity contribution >= 4 is 15.9 Å². The van der Waals surface area contributed by atoms with E-state index in [4.69, 9.17) is 0 Å². The molecule has 2 heterocycles. The molecular weight excluding hydrogens is 290 g/mol. The topological polar surface area (TPSA) is 71.4 Å². The summed E-state index contributed by atoms with van der Waals surface area (Å²) in [6.07, 6.45) is 3.29. The van der Waals surface area contributed by atoms with Gasteiger partial charge < -0.3 is 9.88 Å². The Bertz CT molecular complexity index is 634. The van der Waals surface area contributed by atoms with Gasteiger partial charge in [-0.3, -0.25) is 4.79 Å². The predicted molar refractivity (Wildman–Crippen MR) is 80.6 cm³/mol. The highest BCUT2D eigenvalue weighted by Crippen LogP contribution is 2.30. The third kappa shape index (κ3) is 2.85. The first-order valence-electron chi connectivity index (χ1n) is 7.19. The minimum Gasteiger partial charge on any atom is -0.354 e. The first-order valence-corrected chi connectivity index (χ1v) is 8.63.